The van der Waals surface area contributed by atoms with Crippen molar-refractivity contribution in [2.75, 3.05) is 26.5 Å². The first-order chi connectivity index (χ1) is 6.35. The third-order valence-electron chi connectivity index (χ3n) is 1.85. The van der Waals surface area contributed by atoms with Crippen LogP contribution in [0.1, 0.15) is 6.92 Å². The summed E-state index contributed by atoms with van der Waals surface area (Å²) in [4.78, 5) is 10.8. The van der Waals surface area contributed by atoms with Gasteiger partial charge in [-0.1, -0.05) is 0 Å². The molecule has 0 bridgehead atoms. The second-order valence-corrected chi connectivity index (χ2v) is 4.91. The summed E-state index contributed by atoms with van der Waals surface area (Å²) < 4.78 is 28.0. The maximum atomic E-state index is 11.4. The third-order valence-corrected chi connectivity index (χ3v) is 3.69. The van der Waals surface area contributed by atoms with Crippen LogP contribution in [-0.2, 0) is 19.6 Å². The summed E-state index contributed by atoms with van der Waals surface area (Å²) in [6, 6.07) is -0.551. The van der Waals surface area contributed by atoms with E-state index in [1.54, 1.807) is 0 Å². The Kier molecular flexibility index (Phi) is 5.03. The Labute approximate surface area is 83.5 Å². The van der Waals surface area contributed by atoms with E-state index in [2.05, 4.69) is 4.74 Å². The number of ether oxygens (including phenoxy) is 1. The molecule has 0 aliphatic rings. The highest BCUT2D eigenvalue weighted by atomic mass is 32.2. The Bertz CT molecular complexity index is 286. The summed E-state index contributed by atoms with van der Waals surface area (Å²) in [6.45, 7) is 1.24. The molecule has 0 radical (unpaired) electrons. The van der Waals surface area contributed by atoms with Crippen molar-refractivity contribution in [3.8, 4) is 0 Å². The molecule has 1 N–H and O–H groups in total. The minimum absolute atomic E-state index is 0.295. The lowest BCUT2D eigenvalue weighted by molar-refractivity contribution is -0.137. The van der Waals surface area contributed by atoms with Gasteiger partial charge in [-0.05, 0) is 6.92 Å². The molecule has 0 aromatic rings. The number of hydrogen-bond acceptors (Lipinski definition) is 5. The molecule has 14 heavy (non-hydrogen) atoms. The SMILES string of the molecule is COC(=O)CS(=O)(=O)N(C)C(C)CO. The van der Waals surface area contributed by atoms with Crippen LogP contribution >= 0.6 is 0 Å². The number of carbonyl (C=O) groups excluding carboxylic acids is 1. The zero-order chi connectivity index (χ0) is 11.4. The van der Waals surface area contributed by atoms with Gasteiger partial charge in [0.05, 0.1) is 13.7 Å². The lowest BCUT2D eigenvalue weighted by Gasteiger charge is -2.21. The lowest BCUT2D eigenvalue weighted by atomic mass is 10.4. The van der Waals surface area contributed by atoms with Gasteiger partial charge < -0.3 is 9.84 Å². The fourth-order valence-corrected chi connectivity index (χ4v) is 1.93. The molecule has 1 unspecified atom stereocenters. The lowest BCUT2D eigenvalue weighted by Crippen LogP contribution is -2.40. The topological polar surface area (TPSA) is 83.9 Å². The van der Waals surface area contributed by atoms with E-state index in [0.29, 0.717) is 0 Å². The summed E-state index contributed by atoms with van der Waals surface area (Å²) in [5.74, 6) is -1.52. The van der Waals surface area contributed by atoms with Crippen LogP contribution in [0.25, 0.3) is 0 Å². The van der Waals surface area contributed by atoms with Gasteiger partial charge in [0.2, 0.25) is 10.0 Å². The molecular weight excluding hydrogens is 210 g/mol. The van der Waals surface area contributed by atoms with E-state index in [1.807, 2.05) is 0 Å². The average Bonchev–Trinajstić information content (AvgIpc) is 2.14. The van der Waals surface area contributed by atoms with E-state index in [1.165, 1.54) is 14.0 Å². The molecule has 0 aliphatic heterocycles. The van der Waals surface area contributed by atoms with Gasteiger partial charge in [0, 0.05) is 13.1 Å². The largest absolute Gasteiger partial charge is 0.468 e. The predicted octanol–water partition coefficient (Wildman–Crippen LogP) is -1.20. The summed E-state index contributed by atoms with van der Waals surface area (Å²) in [6.07, 6.45) is 0. The second-order valence-electron chi connectivity index (χ2n) is 2.88. The van der Waals surface area contributed by atoms with Crippen molar-refractivity contribution in [1.29, 1.82) is 0 Å². The van der Waals surface area contributed by atoms with Crippen molar-refractivity contribution in [2.45, 2.75) is 13.0 Å². The third kappa shape index (κ3) is 3.60. The molecular formula is C7H15NO5S. The van der Waals surface area contributed by atoms with Crippen molar-refractivity contribution in [3.05, 3.63) is 0 Å². The molecule has 0 rings (SSSR count). The van der Waals surface area contributed by atoms with Crippen molar-refractivity contribution in [1.82, 2.24) is 4.31 Å². The maximum Gasteiger partial charge on any atom is 0.322 e. The molecule has 1 atom stereocenters. The smallest absolute Gasteiger partial charge is 0.322 e. The number of likely N-dealkylation sites (N-methyl/N-ethyl adjacent to an activating group) is 1. The van der Waals surface area contributed by atoms with Gasteiger partial charge >= 0.3 is 5.97 Å². The Balaban J connectivity index is 4.54. The van der Waals surface area contributed by atoms with E-state index in [0.717, 1.165) is 11.4 Å². The van der Waals surface area contributed by atoms with Gasteiger partial charge in [0.15, 0.2) is 5.75 Å². The van der Waals surface area contributed by atoms with Gasteiger partial charge in [0.25, 0.3) is 0 Å². The van der Waals surface area contributed by atoms with Crippen LogP contribution in [0.3, 0.4) is 0 Å². The molecule has 0 spiro atoms. The van der Waals surface area contributed by atoms with Crippen LogP contribution in [-0.4, -0.2) is 56.4 Å². The zero-order valence-corrected chi connectivity index (χ0v) is 9.24. The number of methoxy groups -OCH3 is 1. The second kappa shape index (κ2) is 5.28. The summed E-state index contributed by atoms with van der Waals surface area (Å²) in [5, 5.41) is 8.74. The fourth-order valence-electron chi connectivity index (χ4n) is 0.699. The van der Waals surface area contributed by atoms with E-state index in [4.69, 9.17) is 5.11 Å². The molecule has 0 saturated carbocycles. The van der Waals surface area contributed by atoms with Crippen LogP contribution in [0.2, 0.25) is 0 Å². The Morgan fingerprint density at radius 1 is 1.57 bits per heavy atom. The van der Waals surface area contributed by atoms with E-state index < -0.39 is 27.8 Å². The van der Waals surface area contributed by atoms with Gasteiger partial charge in [0.1, 0.15) is 0 Å². The monoisotopic (exact) mass is 225 g/mol. The molecule has 0 heterocycles. The van der Waals surface area contributed by atoms with Gasteiger partial charge in [-0.25, -0.2) is 8.42 Å². The zero-order valence-electron chi connectivity index (χ0n) is 8.43. The van der Waals surface area contributed by atoms with Gasteiger partial charge in [-0.2, -0.15) is 4.31 Å². The number of nitrogens with zero attached hydrogens (tertiary/aromatic N) is 1. The first-order valence-electron chi connectivity index (χ1n) is 3.98. The van der Waals surface area contributed by atoms with E-state index in [9.17, 15) is 13.2 Å². The number of esters is 1. The highest BCUT2D eigenvalue weighted by molar-refractivity contribution is 7.89. The number of aliphatic hydroxyl groups excluding tert-OH is 1. The normalized spacial score (nSPS) is 14.1. The summed E-state index contributed by atoms with van der Waals surface area (Å²) in [5.41, 5.74) is 0. The van der Waals surface area contributed by atoms with Crippen LogP contribution in [0, 0.1) is 0 Å². The maximum absolute atomic E-state index is 11.4. The Hall–Kier alpha value is -0.660. The van der Waals surface area contributed by atoms with Gasteiger partial charge in [-0.3, -0.25) is 4.79 Å². The van der Waals surface area contributed by atoms with Crippen molar-refractivity contribution in [3.63, 3.8) is 0 Å². The van der Waals surface area contributed by atoms with Crippen LogP contribution in [0.5, 0.6) is 0 Å². The molecule has 0 saturated heterocycles. The number of rotatable bonds is 5. The van der Waals surface area contributed by atoms with E-state index in [-0.39, 0.29) is 6.61 Å². The van der Waals surface area contributed by atoms with Crippen molar-refractivity contribution < 1.29 is 23.1 Å². The van der Waals surface area contributed by atoms with Crippen LogP contribution in [0.4, 0.5) is 0 Å². The fraction of sp³-hybridized carbons (Fsp3) is 0.857. The molecule has 0 aromatic heterocycles. The molecule has 0 fully saturated rings. The highest BCUT2D eigenvalue weighted by Crippen LogP contribution is 2.04. The van der Waals surface area contributed by atoms with Crippen LogP contribution < -0.4 is 0 Å². The highest BCUT2D eigenvalue weighted by Gasteiger charge is 2.25. The number of sulfonamides is 1. The number of hydrogen-bond donors (Lipinski definition) is 1. The van der Waals surface area contributed by atoms with Gasteiger partial charge in [-0.15, -0.1) is 0 Å². The molecule has 0 amide bonds. The first kappa shape index (κ1) is 13.3. The Morgan fingerprint density at radius 3 is 2.43 bits per heavy atom. The number of aliphatic hydroxyl groups is 1. The molecule has 7 heteroatoms. The molecule has 6 nitrogen and oxygen atoms in total. The van der Waals surface area contributed by atoms with Crippen LogP contribution in [0.15, 0.2) is 0 Å². The average molecular weight is 225 g/mol. The van der Waals surface area contributed by atoms with Crippen molar-refractivity contribution >= 4 is 16.0 Å². The first-order valence-corrected chi connectivity index (χ1v) is 5.59. The molecule has 0 aromatic carbocycles. The molecule has 84 valence electrons. The molecule has 0 aliphatic carbocycles. The minimum atomic E-state index is -3.68. The summed E-state index contributed by atoms with van der Waals surface area (Å²) in [7, 11) is -1.26. The predicted molar refractivity (Wildman–Crippen MR) is 50.1 cm³/mol. The minimum Gasteiger partial charge on any atom is -0.468 e. The Morgan fingerprint density at radius 2 is 2.07 bits per heavy atom. The number of carbonyl (C=O) groups is 1. The standard InChI is InChI=1S/C7H15NO5S/c1-6(4-9)8(2)14(11,12)5-7(10)13-3/h6,9H,4-5H2,1-3H3. The summed E-state index contributed by atoms with van der Waals surface area (Å²) >= 11 is 0. The van der Waals surface area contributed by atoms with Crippen molar-refractivity contribution in [2.24, 2.45) is 0 Å². The van der Waals surface area contributed by atoms with E-state index >= 15 is 0 Å². The quantitative estimate of drug-likeness (QED) is 0.594.